The van der Waals surface area contributed by atoms with Crippen molar-refractivity contribution in [1.82, 2.24) is 0 Å². The predicted molar refractivity (Wildman–Crippen MR) is 26.4 cm³/mol. The molecule has 10 heavy (non-hydrogen) atoms. The van der Waals surface area contributed by atoms with Crippen molar-refractivity contribution in [3.05, 3.63) is 0 Å². The Balaban J connectivity index is -0.0000000910. The van der Waals surface area contributed by atoms with Crippen LogP contribution in [0.1, 0.15) is 0 Å². The van der Waals surface area contributed by atoms with Gasteiger partial charge in [-0.25, -0.2) is 0 Å². The molecule has 0 aliphatic rings. The minimum absolute atomic E-state index is 0. The van der Waals surface area contributed by atoms with Crippen LogP contribution in [-0.4, -0.2) is 64.4 Å². The maximum Gasteiger partial charge on any atom is 2.00 e. The van der Waals surface area contributed by atoms with Gasteiger partial charge in [0.05, 0.1) is 0 Å². The molecule has 0 aromatic carbocycles. The molecule has 0 fully saturated rings. The van der Waals surface area contributed by atoms with Gasteiger partial charge in [-0.2, -0.15) is 8.42 Å². The van der Waals surface area contributed by atoms with Gasteiger partial charge in [0.15, 0.2) is 0 Å². The van der Waals surface area contributed by atoms with Crippen molar-refractivity contribution in [2.45, 2.75) is 0 Å². The molecular weight excluding hydrogens is 212 g/mol. The first-order valence-electron chi connectivity index (χ1n) is 1.31. The van der Waals surface area contributed by atoms with E-state index in [0.717, 1.165) is 0 Å². The summed E-state index contributed by atoms with van der Waals surface area (Å²) in [6.45, 7) is 0. The van der Waals surface area contributed by atoms with Crippen LogP contribution in [0.15, 0.2) is 0 Å². The molecule has 2 N–H and O–H groups in total. The molecule has 0 bridgehead atoms. The van der Waals surface area contributed by atoms with Gasteiger partial charge in [-0.05, 0) is 0 Å². The summed E-state index contributed by atoms with van der Waals surface area (Å²) >= 11 is 0. The molecule has 0 aromatic heterocycles. The molecule has 0 heterocycles. The van der Waals surface area contributed by atoms with Gasteiger partial charge in [0, 0.05) is 9.17 Å². The molecule has 0 radical (unpaired) electrons. The molecule has 7 nitrogen and oxygen atoms in total. The van der Waals surface area contributed by atoms with Crippen molar-refractivity contribution in [1.29, 1.82) is 0 Å². The second kappa shape index (κ2) is 7.85. The second-order valence-electron chi connectivity index (χ2n) is 0.698. The quantitative estimate of drug-likeness (QED) is 0.310. The number of hydrogen-bond acceptors (Lipinski definition) is 5. The van der Waals surface area contributed by atoms with E-state index in [4.69, 9.17) is 31.6 Å². The largest absolute Gasteiger partial charge is 2.00 e. The van der Waals surface area contributed by atoms with Crippen molar-refractivity contribution in [3.8, 4) is 0 Å². The Kier molecular flexibility index (Phi) is 13.4. The van der Waals surface area contributed by atoms with Crippen LogP contribution in [0.4, 0.5) is 0 Å². The molecule has 0 spiro atoms. The molecule has 0 rings (SSSR count). The number of hydrogen-bond donors (Lipinski definition) is 2. The summed E-state index contributed by atoms with van der Waals surface area (Å²) in [5.74, 6) is 0. The van der Waals surface area contributed by atoms with E-state index in [9.17, 15) is 0 Å². The Morgan fingerprint density at radius 3 is 1.20 bits per heavy atom. The van der Waals surface area contributed by atoms with E-state index >= 15 is 0 Å². The summed E-state index contributed by atoms with van der Waals surface area (Å²) in [6, 6.07) is 0. The van der Waals surface area contributed by atoms with E-state index in [1.165, 1.54) is 0 Å². The third kappa shape index (κ3) is 942. The minimum Gasteiger partial charge on any atom is -0.672 e. The fourth-order valence-electron chi connectivity index (χ4n) is 0. The third-order valence-corrected chi connectivity index (χ3v) is 0. The summed E-state index contributed by atoms with van der Waals surface area (Å²) in [7, 11) is -8.30. The second-order valence-corrected chi connectivity index (χ2v) is 2.09. The van der Waals surface area contributed by atoms with Crippen LogP contribution >= 0.6 is 0 Å². The van der Waals surface area contributed by atoms with E-state index in [1.807, 2.05) is 0 Å². The molecule has 0 unspecified atom stereocenters. The molecule has 0 aromatic rings. The van der Waals surface area contributed by atoms with Crippen molar-refractivity contribution in [3.63, 3.8) is 0 Å². The maximum atomic E-state index is 8.74. The van der Waals surface area contributed by atoms with Crippen LogP contribution in [-0.2, 0) is 14.9 Å². The van der Waals surface area contributed by atoms with Gasteiger partial charge >= 0.3 is 48.1 Å². The van der Waals surface area contributed by atoms with Crippen molar-refractivity contribution >= 4 is 57.3 Å². The zero-order valence-corrected chi connectivity index (χ0v) is 8.58. The first-order chi connectivity index (χ1) is 3.73. The van der Waals surface area contributed by atoms with Gasteiger partial charge in [0.2, 0.25) is 0 Å². The predicted octanol–water partition coefficient (Wildman–Crippen LogP) is -3.91. The van der Waals surface area contributed by atoms with E-state index in [2.05, 4.69) is 0 Å². The third-order valence-electron chi connectivity index (χ3n) is 0. The van der Waals surface area contributed by atoms with Gasteiger partial charge in [-0.3, -0.25) is 9.11 Å². The zero-order chi connectivity index (χ0) is 8.08. The Hall–Kier alpha value is 0.747. The Bertz CT molecular complexity index is 156. The molecule has 0 amide bonds. The van der Waals surface area contributed by atoms with Crippen molar-refractivity contribution in [2.75, 3.05) is 0 Å². The average Bonchev–Trinajstić information content (AvgIpc) is 1.19. The van der Waals surface area contributed by atoms with Crippen LogP contribution in [0.2, 0.25) is 0 Å². The van der Waals surface area contributed by atoms with Crippen LogP contribution in [0, 0.1) is 0 Å². The summed E-state index contributed by atoms with van der Waals surface area (Å²) in [6.07, 6.45) is 0. The normalized spacial score (nSPS) is 8.20. The van der Waals surface area contributed by atoms with E-state index < -0.39 is 19.6 Å². The van der Waals surface area contributed by atoms with Crippen molar-refractivity contribution < 1.29 is 31.6 Å². The van der Waals surface area contributed by atoms with Gasteiger partial charge < -0.3 is 14.1 Å². The Labute approximate surface area is 88.2 Å². The molecule has 0 atom stereocenters. The van der Waals surface area contributed by atoms with Crippen LogP contribution < -0.4 is 9.59 Å². The topological polar surface area (TPSA) is 138 Å². The standard InChI is InChI=1S/Ca.H2O4S.O3Si/c;1-5(2,3)4;1-4(2)3/h;(H2,1,2,3,4);/q+2;;-2. The minimum atomic E-state index is -4.67. The van der Waals surface area contributed by atoms with E-state index in [0.29, 0.717) is 0 Å². The Morgan fingerprint density at radius 1 is 1.20 bits per heavy atom. The van der Waals surface area contributed by atoms with E-state index in [1.54, 1.807) is 0 Å². The fourth-order valence-corrected chi connectivity index (χ4v) is 0. The van der Waals surface area contributed by atoms with Gasteiger partial charge in [0.1, 0.15) is 0 Å². The van der Waals surface area contributed by atoms with Gasteiger partial charge in [-0.1, -0.05) is 0 Å². The fraction of sp³-hybridized carbons (Fsp3) is 0. The first kappa shape index (κ1) is 17.0. The maximum absolute atomic E-state index is 8.74. The average molecular weight is 214 g/mol. The molecular formula is H2CaO7SSi. The molecule has 0 saturated heterocycles. The summed E-state index contributed by atoms with van der Waals surface area (Å²) in [5.41, 5.74) is 0. The van der Waals surface area contributed by atoms with Gasteiger partial charge in [-0.15, -0.1) is 0 Å². The van der Waals surface area contributed by atoms with Gasteiger partial charge in [0.25, 0.3) is 0 Å². The summed E-state index contributed by atoms with van der Waals surface area (Å²) in [4.78, 5) is 17.0. The Morgan fingerprint density at radius 2 is 1.20 bits per heavy atom. The zero-order valence-electron chi connectivity index (χ0n) is 4.55. The molecule has 56 valence electrons. The SMILES string of the molecule is O=S(=O)(O)O.O=[Si]([O-])[O-].[Ca+2]. The molecule has 0 aliphatic carbocycles. The number of rotatable bonds is 0. The monoisotopic (exact) mass is 214 g/mol. The molecule has 10 heteroatoms. The molecule has 0 saturated carbocycles. The van der Waals surface area contributed by atoms with Crippen LogP contribution in [0.25, 0.3) is 0 Å². The van der Waals surface area contributed by atoms with E-state index in [-0.39, 0.29) is 37.7 Å². The van der Waals surface area contributed by atoms with Crippen LogP contribution in [0.3, 0.4) is 0 Å². The smallest absolute Gasteiger partial charge is 0.672 e. The summed E-state index contributed by atoms with van der Waals surface area (Å²) < 4.78 is 40.1. The summed E-state index contributed by atoms with van der Waals surface area (Å²) in [5, 5.41) is 0. The first-order valence-corrected chi connectivity index (χ1v) is 3.93. The van der Waals surface area contributed by atoms with Crippen molar-refractivity contribution in [2.24, 2.45) is 0 Å². The molecule has 0 aliphatic heterocycles. The van der Waals surface area contributed by atoms with Crippen LogP contribution in [0.5, 0.6) is 0 Å².